The topological polar surface area (TPSA) is 80.3 Å². The molecule has 0 aliphatic heterocycles. The first-order valence-electron chi connectivity index (χ1n) is 11.6. The van der Waals surface area contributed by atoms with Crippen LogP contribution in [-0.4, -0.2) is 11.9 Å². The van der Waals surface area contributed by atoms with E-state index in [0.29, 0.717) is 6.42 Å². The van der Waals surface area contributed by atoms with E-state index in [1.54, 1.807) is 0 Å². The summed E-state index contributed by atoms with van der Waals surface area (Å²) < 4.78 is 0. The van der Waals surface area contributed by atoms with Crippen LogP contribution in [0.2, 0.25) is 0 Å². The fraction of sp³-hybridized carbons (Fsp3) is 0.833. The molecule has 0 saturated heterocycles. The molecule has 0 rings (SSSR count). The average Bonchev–Trinajstić information content (AvgIpc) is 2.65. The molecule has 0 saturated carbocycles. The molecule has 0 aromatic rings. The van der Waals surface area contributed by atoms with Crippen molar-refractivity contribution >= 4 is 11.9 Å². The van der Waals surface area contributed by atoms with E-state index in [9.17, 15) is 19.8 Å². The first-order valence-corrected chi connectivity index (χ1v) is 11.6. The molecule has 4 nitrogen and oxygen atoms in total. The van der Waals surface area contributed by atoms with Crippen LogP contribution in [0.15, 0.2) is 12.2 Å². The molecule has 0 aromatic carbocycles. The van der Waals surface area contributed by atoms with Crippen LogP contribution in [0.1, 0.15) is 122 Å². The van der Waals surface area contributed by atoms with Crippen molar-refractivity contribution in [1.82, 2.24) is 0 Å². The Labute approximate surface area is 229 Å². The third kappa shape index (κ3) is 26.7. The van der Waals surface area contributed by atoms with Crippen molar-refractivity contribution in [2.24, 2.45) is 5.92 Å². The predicted octanol–water partition coefficient (Wildman–Crippen LogP) is -1.29. The van der Waals surface area contributed by atoms with Crippen molar-refractivity contribution in [1.29, 1.82) is 0 Å². The summed E-state index contributed by atoms with van der Waals surface area (Å²) in [4.78, 5) is 21.3. The van der Waals surface area contributed by atoms with Crippen LogP contribution in [0, 0.1) is 5.92 Å². The maximum absolute atomic E-state index is 10.8. The van der Waals surface area contributed by atoms with Crippen molar-refractivity contribution in [3.05, 3.63) is 12.2 Å². The molecule has 0 radical (unpaired) electrons. The summed E-state index contributed by atoms with van der Waals surface area (Å²) in [5, 5.41) is 21.3. The molecule has 6 heteroatoms. The standard InChI is InChI=1S/C24H44O4.2Na/c1-2-3-4-5-6-7-8-9-10-11-12-13-14-15-16-17-18-19-20-22(24(27)28)21-23(25)26;;/h5-6,22H,2-4,7-21H2,1H3,(H,25,26)(H,27,28);;/q;2*+1/p-2/b6-5+;;. The summed E-state index contributed by atoms with van der Waals surface area (Å²) >= 11 is 0. The number of unbranched alkanes of at least 4 members (excludes halogenated alkanes) is 14. The van der Waals surface area contributed by atoms with Gasteiger partial charge in [-0.2, -0.15) is 0 Å². The van der Waals surface area contributed by atoms with E-state index in [2.05, 4.69) is 19.1 Å². The van der Waals surface area contributed by atoms with E-state index in [-0.39, 0.29) is 59.1 Å². The fourth-order valence-corrected chi connectivity index (χ4v) is 3.48. The second-order valence-electron chi connectivity index (χ2n) is 8.03. The molecular formula is C24H42Na2O4. The van der Waals surface area contributed by atoms with Crippen LogP contribution in [0.25, 0.3) is 0 Å². The maximum Gasteiger partial charge on any atom is 1.00 e. The van der Waals surface area contributed by atoms with Gasteiger partial charge in [-0.1, -0.05) is 103 Å². The molecule has 30 heavy (non-hydrogen) atoms. The van der Waals surface area contributed by atoms with Crippen molar-refractivity contribution in [2.45, 2.75) is 122 Å². The minimum atomic E-state index is -1.31. The predicted molar refractivity (Wildman–Crippen MR) is 111 cm³/mol. The second kappa shape index (κ2) is 27.7. The van der Waals surface area contributed by atoms with Crippen LogP contribution in [-0.2, 0) is 9.59 Å². The Balaban J connectivity index is -0.00000364. The maximum atomic E-state index is 10.8. The minimum Gasteiger partial charge on any atom is -0.550 e. The van der Waals surface area contributed by atoms with Crippen molar-refractivity contribution in [3.63, 3.8) is 0 Å². The molecule has 0 aliphatic carbocycles. The van der Waals surface area contributed by atoms with Crippen LogP contribution >= 0.6 is 0 Å². The van der Waals surface area contributed by atoms with E-state index in [1.165, 1.54) is 83.5 Å². The van der Waals surface area contributed by atoms with Gasteiger partial charge in [0, 0.05) is 17.9 Å². The van der Waals surface area contributed by atoms with Gasteiger partial charge in [0.25, 0.3) is 0 Å². The zero-order chi connectivity index (χ0) is 20.9. The molecule has 0 aliphatic rings. The molecule has 0 heterocycles. The van der Waals surface area contributed by atoms with Gasteiger partial charge < -0.3 is 19.8 Å². The molecule has 0 amide bonds. The van der Waals surface area contributed by atoms with Gasteiger partial charge in [-0.3, -0.25) is 0 Å². The zero-order valence-corrected chi connectivity index (χ0v) is 24.1. The molecule has 0 bridgehead atoms. The molecule has 0 spiro atoms. The normalized spacial score (nSPS) is 11.6. The van der Waals surface area contributed by atoms with Crippen molar-refractivity contribution in [3.8, 4) is 0 Å². The Morgan fingerprint density at radius 1 is 0.667 bits per heavy atom. The number of carbonyl (C=O) groups is 2. The Morgan fingerprint density at radius 2 is 1.07 bits per heavy atom. The van der Waals surface area contributed by atoms with E-state index in [4.69, 9.17) is 0 Å². The first-order chi connectivity index (χ1) is 13.6. The molecule has 0 fully saturated rings. The number of carbonyl (C=O) groups excluding carboxylic acids is 2. The Hall–Kier alpha value is 0.680. The van der Waals surface area contributed by atoms with Gasteiger partial charge in [0.2, 0.25) is 0 Å². The third-order valence-corrected chi connectivity index (χ3v) is 5.31. The van der Waals surface area contributed by atoms with E-state index in [0.717, 1.165) is 19.3 Å². The number of carboxylic acids is 2. The molecule has 1 atom stereocenters. The monoisotopic (exact) mass is 440 g/mol. The van der Waals surface area contributed by atoms with E-state index in [1.807, 2.05) is 0 Å². The quantitative estimate of drug-likeness (QED) is 0.126. The van der Waals surface area contributed by atoms with E-state index >= 15 is 0 Å². The number of allylic oxidation sites excluding steroid dienone is 2. The summed E-state index contributed by atoms with van der Waals surface area (Å²) in [5.74, 6) is -3.48. The van der Waals surface area contributed by atoms with Crippen molar-refractivity contribution in [2.75, 3.05) is 0 Å². The van der Waals surface area contributed by atoms with Crippen molar-refractivity contribution < 1.29 is 78.9 Å². The molecule has 164 valence electrons. The number of hydrogen-bond donors (Lipinski definition) is 0. The smallest absolute Gasteiger partial charge is 0.550 e. The van der Waals surface area contributed by atoms with Gasteiger partial charge in [0.15, 0.2) is 0 Å². The van der Waals surface area contributed by atoms with Crippen LogP contribution in [0.3, 0.4) is 0 Å². The van der Waals surface area contributed by atoms with Gasteiger partial charge in [-0.15, -0.1) is 0 Å². The second-order valence-corrected chi connectivity index (χ2v) is 8.03. The molecular weight excluding hydrogens is 398 g/mol. The van der Waals surface area contributed by atoms with Crippen LogP contribution in [0.4, 0.5) is 0 Å². The summed E-state index contributed by atoms with van der Waals surface area (Å²) in [6.45, 7) is 2.23. The number of rotatable bonds is 21. The number of carboxylic acid groups (broad SMARTS) is 2. The van der Waals surface area contributed by atoms with Crippen LogP contribution in [0.5, 0.6) is 0 Å². The Kier molecular flexibility index (Phi) is 32.6. The molecule has 0 aromatic heterocycles. The zero-order valence-electron chi connectivity index (χ0n) is 20.1. The Morgan fingerprint density at radius 3 is 1.47 bits per heavy atom. The average molecular weight is 441 g/mol. The fourth-order valence-electron chi connectivity index (χ4n) is 3.48. The summed E-state index contributed by atoms with van der Waals surface area (Å²) in [7, 11) is 0. The van der Waals surface area contributed by atoms with E-state index < -0.39 is 24.3 Å². The van der Waals surface area contributed by atoms with Gasteiger partial charge >= 0.3 is 59.1 Å². The summed E-state index contributed by atoms with van der Waals surface area (Å²) in [6.07, 6.45) is 24.2. The summed E-state index contributed by atoms with van der Waals surface area (Å²) in [6, 6.07) is 0. The SMILES string of the molecule is CCCC/C=C/CCCCCCCCCCCCCCC(CC(=O)[O-])C(=O)[O-].[Na+].[Na+]. The Bertz CT molecular complexity index is 414. The molecule has 1 unspecified atom stereocenters. The van der Waals surface area contributed by atoms with Gasteiger partial charge in [-0.25, -0.2) is 0 Å². The molecule has 0 N–H and O–H groups in total. The van der Waals surface area contributed by atoms with Gasteiger partial charge in [0.1, 0.15) is 0 Å². The third-order valence-electron chi connectivity index (χ3n) is 5.31. The van der Waals surface area contributed by atoms with Crippen LogP contribution < -0.4 is 69.3 Å². The minimum absolute atomic E-state index is 0. The van der Waals surface area contributed by atoms with Gasteiger partial charge in [0.05, 0.1) is 0 Å². The first kappa shape index (κ1) is 35.3. The largest absolute Gasteiger partial charge is 1.00 e. The van der Waals surface area contributed by atoms with Gasteiger partial charge in [-0.05, 0) is 32.1 Å². The summed E-state index contributed by atoms with van der Waals surface area (Å²) in [5.41, 5.74) is 0. The number of aliphatic carboxylic acids is 2. The number of hydrogen-bond acceptors (Lipinski definition) is 4.